The van der Waals surface area contributed by atoms with Crippen LogP contribution in [0, 0.1) is 5.92 Å². The summed E-state index contributed by atoms with van der Waals surface area (Å²) in [6, 6.07) is 8.88. The largest absolute Gasteiger partial charge is 0.476 e. The van der Waals surface area contributed by atoms with Crippen LogP contribution < -0.4 is 14.2 Å². The lowest BCUT2D eigenvalue weighted by Crippen LogP contribution is -2.67. The van der Waals surface area contributed by atoms with E-state index in [0.717, 1.165) is 5.56 Å². The van der Waals surface area contributed by atoms with E-state index in [1.165, 1.54) is 4.90 Å². The number of carbonyl (C=O) groups is 2. The quantitative estimate of drug-likeness (QED) is 0.425. The van der Waals surface area contributed by atoms with Gasteiger partial charge in [-0.2, -0.15) is 0 Å². The summed E-state index contributed by atoms with van der Waals surface area (Å²) in [5.41, 5.74) is 0.749. The van der Waals surface area contributed by atoms with E-state index in [0.29, 0.717) is 27.3 Å². The number of β-lactam (4-membered cyclic amide) rings is 1. The van der Waals surface area contributed by atoms with Gasteiger partial charge < -0.3 is 23.8 Å². The third-order valence-corrected chi connectivity index (χ3v) is 5.96. The Morgan fingerprint density at radius 1 is 1.16 bits per heavy atom. The molecule has 2 heterocycles. The van der Waals surface area contributed by atoms with Crippen molar-refractivity contribution >= 4 is 35.1 Å². The maximum absolute atomic E-state index is 13.3. The summed E-state index contributed by atoms with van der Waals surface area (Å²) in [6.45, 7) is 5.82. The fourth-order valence-corrected chi connectivity index (χ4v) is 4.44. The van der Waals surface area contributed by atoms with Crippen LogP contribution in [0.15, 0.2) is 36.4 Å². The van der Waals surface area contributed by atoms with Crippen molar-refractivity contribution in [2.45, 2.75) is 39.0 Å². The third kappa shape index (κ3) is 4.07. The number of rotatable bonds is 7. The fourth-order valence-electron chi connectivity index (χ4n) is 3.98. The molecule has 0 unspecified atom stereocenters. The highest BCUT2D eigenvalue weighted by Gasteiger charge is 2.56. The first-order valence-electron chi connectivity index (χ1n) is 10.3. The van der Waals surface area contributed by atoms with E-state index in [4.69, 9.17) is 42.1 Å². The molecule has 0 saturated carbocycles. The Labute approximate surface area is 196 Å². The molecule has 2 aliphatic heterocycles. The second-order valence-electron chi connectivity index (χ2n) is 7.86. The first-order valence-corrected chi connectivity index (χ1v) is 11.1. The smallest absolute Gasteiger partial charge is 0.329 e. The second-order valence-corrected chi connectivity index (χ2v) is 8.70. The van der Waals surface area contributed by atoms with Crippen LogP contribution in [-0.4, -0.2) is 42.3 Å². The first kappa shape index (κ1) is 22.6. The average Bonchev–Trinajstić information content (AvgIpc) is 3.21. The molecule has 1 fully saturated rings. The van der Waals surface area contributed by atoms with Crippen molar-refractivity contribution < 1.29 is 28.5 Å². The molecule has 0 spiro atoms. The molecule has 2 aromatic rings. The molecule has 9 heteroatoms. The average molecular weight is 480 g/mol. The maximum atomic E-state index is 13.3. The van der Waals surface area contributed by atoms with Gasteiger partial charge in [0.15, 0.2) is 11.5 Å². The normalized spacial score (nSPS) is 20.2. The lowest BCUT2D eigenvalue weighted by Gasteiger charge is -2.50. The van der Waals surface area contributed by atoms with Crippen molar-refractivity contribution in [1.82, 2.24) is 4.90 Å². The number of halogens is 2. The number of hydrogen-bond acceptors (Lipinski definition) is 6. The zero-order chi connectivity index (χ0) is 23.0. The lowest BCUT2D eigenvalue weighted by atomic mass is 9.85. The highest BCUT2D eigenvalue weighted by atomic mass is 35.5. The molecule has 3 atom stereocenters. The molecule has 0 aliphatic carbocycles. The first-order chi connectivity index (χ1) is 15.3. The number of ether oxygens (including phenoxy) is 4. The van der Waals surface area contributed by atoms with Gasteiger partial charge in [-0.1, -0.05) is 43.1 Å². The minimum atomic E-state index is -0.885. The minimum Gasteiger partial charge on any atom is -0.476 e. The van der Waals surface area contributed by atoms with Gasteiger partial charge in [-0.3, -0.25) is 4.79 Å². The van der Waals surface area contributed by atoms with Gasteiger partial charge in [-0.25, -0.2) is 4.79 Å². The number of hydrogen-bond donors (Lipinski definition) is 0. The molecule has 7 nitrogen and oxygen atoms in total. The predicted octanol–water partition coefficient (Wildman–Crippen LogP) is 4.64. The maximum Gasteiger partial charge on any atom is 0.329 e. The minimum absolute atomic E-state index is 0.129. The highest BCUT2D eigenvalue weighted by Crippen LogP contribution is 2.45. The number of nitrogens with zero attached hydrogens (tertiary/aromatic N) is 1. The molecule has 0 bridgehead atoms. The molecule has 2 aliphatic rings. The van der Waals surface area contributed by atoms with E-state index >= 15 is 0 Å². The van der Waals surface area contributed by atoms with Crippen molar-refractivity contribution in [3.8, 4) is 17.2 Å². The zero-order valence-electron chi connectivity index (χ0n) is 17.8. The molecule has 0 aromatic heterocycles. The monoisotopic (exact) mass is 479 g/mol. The lowest BCUT2D eigenvalue weighted by molar-refractivity contribution is -0.181. The van der Waals surface area contributed by atoms with Crippen molar-refractivity contribution in [3.05, 3.63) is 52.0 Å². The Morgan fingerprint density at radius 2 is 1.91 bits per heavy atom. The Balaban J connectivity index is 1.71. The van der Waals surface area contributed by atoms with Crippen LogP contribution in [0.4, 0.5) is 0 Å². The van der Waals surface area contributed by atoms with E-state index in [-0.39, 0.29) is 25.2 Å². The van der Waals surface area contributed by atoms with Gasteiger partial charge in [0.25, 0.3) is 5.91 Å². The van der Waals surface area contributed by atoms with Crippen LogP contribution in [0.1, 0.15) is 32.4 Å². The molecule has 1 saturated heterocycles. The molecule has 0 radical (unpaired) electrons. The predicted molar refractivity (Wildman–Crippen MR) is 118 cm³/mol. The molecule has 4 rings (SSSR count). The number of benzene rings is 2. The number of amides is 1. The SMILES string of the molecule is CCOC(=O)[C@@H](C(C)C)N1C(=O)[C@@H](Oc2ccc(Cl)cc2Cl)[C@H]1c1ccc2c(c1)OCO2. The summed E-state index contributed by atoms with van der Waals surface area (Å²) in [5.74, 6) is 0.568. The van der Waals surface area contributed by atoms with Gasteiger partial charge >= 0.3 is 5.97 Å². The van der Waals surface area contributed by atoms with Crippen LogP contribution in [0.2, 0.25) is 10.0 Å². The van der Waals surface area contributed by atoms with Crippen LogP contribution in [0.5, 0.6) is 17.2 Å². The van der Waals surface area contributed by atoms with Crippen molar-refractivity contribution in [3.63, 3.8) is 0 Å². The molecular weight excluding hydrogens is 457 g/mol. The highest BCUT2D eigenvalue weighted by molar-refractivity contribution is 6.35. The standard InChI is InChI=1S/C23H23Cl2NO6/c1-4-29-23(28)19(12(2)3)26-20(13-5-7-17-18(9-13)31-11-30-17)21(22(26)27)32-16-8-6-14(24)10-15(16)25/h5-10,12,19-21H,4,11H2,1-3H3/t19-,20-,21+/m1/s1. The summed E-state index contributed by atoms with van der Waals surface area (Å²) in [7, 11) is 0. The Bertz CT molecular complexity index is 1040. The van der Waals surface area contributed by atoms with E-state index in [1.54, 1.807) is 37.3 Å². The number of esters is 1. The van der Waals surface area contributed by atoms with Crippen molar-refractivity contribution in [2.75, 3.05) is 13.4 Å². The van der Waals surface area contributed by atoms with Gasteiger partial charge in [0.1, 0.15) is 17.8 Å². The summed E-state index contributed by atoms with van der Waals surface area (Å²) < 4.78 is 22.2. The molecule has 1 amide bonds. The van der Waals surface area contributed by atoms with E-state index in [9.17, 15) is 9.59 Å². The van der Waals surface area contributed by atoms with E-state index < -0.39 is 24.2 Å². The van der Waals surface area contributed by atoms with Crippen molar-refractivity contribution in [2.24, 2.45) is 5.92 Å². The van der Waals surface area contributed by atoms with Crippen LogP contribution in [0.3, 0.4) is 0 Å². The van der Waals surface area contributed by atoms with E-state index in [1.807, 2.05) is 19.9 Å². The van der Waals surface area contributed by atoms with Gasteiger partial charge in [0, 0.05) is 5.02 Å². The summed E-state index contributed by atoms with van der Waals surface area (Å²) in [6.07, 6.45) is -0.885. The van der Waals surface area contributed by atoms with Crippen LogP contribution in [0.25, 0.3) is 0 Å². The topological polar surface area (TPSA) is 74.3 Å². The van der Waals surface area contributed by atoms with Gasteiger partial charge in [-0.05, 0) is 48.7 Å². The number of carbonyl (C=O) groups excluding carboxylic acids is 2. The third-order valence-electron chi connectivity index (χ3n) is 5.43. The second kappa shape index (κ2) is 9.08. The van der Waals surface area contributed by atoms with Crippen LogP contribution in [-0.2, 0) is 14.3 Å². The number of fused-ring (bicyclic) bond motifs is 1. The zero-order valence-corrected chi connectivity index (χ0v) is 19.4. The van der Waals surface area contributed by atoms with E-state index in [2.05, 4.69) is 0 Å². The Kier molecular flexibility index (Phi) is 6.40. The molecule has 32 heavy (non-hydrogen) atoms. The summed E-state index contributed by atoms with van der Waals surface area (Å²) in [5, 5.41) is 0.748. The Hall–Kier alpha value is -2.64. The van der Waals surface area contributed by atoms with Crippen LogP contribution >= 0.6 is 23.2 Å². The molecular formula is C23H23Cl2NO6. The number of likely N-dealkylation sites (tertiary alicyclic amines) is 1. The summed E-state index contributed by atoms with van der Waals surface area (Å²) >= 11 is 12.2. The van der Waals surface area contributed by atoms with Gasteiger partial charge in [-0.15, -0.1) is 0 Å². The van der Waals surface area contributed by atoms with Gasteiger partial charge in [0.05, 0.1) is 11.6 Å². The Morgan fingerprint density at radius 3 is 2.59 bits per heavy atom. The summed E-state index contributed by atoms with van der Waals surface area (Å²) in [4.78, 5) is 27.6. The van der Waals surface area contributed by atoms with Crippen molar-refractivity contribution in [1.29, 1.82) is 0 Å². The van der Waals surface area contributed by atoms with Gasteiger partial charge in [0.2, 0.25) is 12.9 Å². The molecule has 0 N–H and O–H groups in total. The molecule has 2 aromatic carbocycles. The fraction of sp³-hybridized carbons (Fsp3) is 0.391. The molecule has 170 valence electrons.